The molecule has 0 radical (unpaired) electrons. The smallest absolute Gasteiger partial charge is 0.335 e. The van der Waals surface area contributed by atoms with Crippen LogP contribution in [0.25, 0.3) is 0 Å². The second-order valence-corrected chi connectivity index (χ2v) is 4.19. The normalized spacial score (nSPS) is 10.5. The van der Waals surface area contributed by atoms with E-state index in [2.05, 4.69) is 10.5 Å². The highest BCUT2D eigenvalue weighted by Gasteiger charge is 2.02. The van der Waals surface area contributed by atoms with Gasteiger partial charge < -0.3 is 14.9 Å². The van der Waals surface area contributed by atoms with Gasteiger partial charge in [-0.3, -0.25) is 5.43 Å². The van der Waals surface area contributed by atoms with Crippen LogP contribution in [0.4, 0.5) is 5.69 Å². The number of hydrogen-bond acceptors (Lipinski definition) is 5. The molecule has 6 nitrogen and oxygen atoms in total. The van der Waals surface area contributed by atoms with Gasteiger partial charge in [0.05, 0.1) is 24.6 Å². The quantitative estimate of drug-likeness (QED) is 0.580. The molecule has 3 N–H and O–H groups in total. The fourth-order valence-electron chi connectivity index (χ4n) is 1.69. The molecule has 0 aliphatic rings. The molecule has 0 saturated carbocycles. The van der Waals surface area contributed by atoms with Crippen molar-refractivity contribution in [1.29, 1.82) is 0 Å². The van der Waals surface area contributed by atoms with Crippen molar-refractivity contribution in [2.45, 2.75) is 0 Å². The molecule has 21 heavy (non-hydrogen) atoms. The summed E-state index contributed by atoms with van der Waals surface area (Å²) in [5.41, 5.74) is 4.14. The van der Waals surface area contributed by atoms with Crippen LogP contribution in [0.3, 0.4) is 0 Å². The molecule has 0 unspecified atom stereocenters. The highest BCUT2D eigenvalue weighted by molar-refractivity contribution is 5.89. The number of phenols is 1. The van der Waals surface area contributed by atoms with Crippen LogP contribution in [0.5, 0.6) is 11.5 Å². The molecule has 0 aliphatic heterocycles. The van der Waals surface area contributed by atoms with E-state index in [0.717, 1.165) is 0 Å². The van der Waals surface area contributed by atoms with Gasteiger partial charge in [0.2, 0.25) is 0 Å². The molecule has 0 saturated heterocycles. The number of ether oxygens (including phenoxy) is 1. The van der Waals surface area contributed by atoms with Crippen molar-refractivity contribution in [3.05, 3.63) is 53.6 Å². The fourth-order valence-corrected chi connectivity index (χ4v) is 1.69. The van der Waals surface area contributed by atoms with Gasteiger partial charge in [-0.1, -0.05) is 6.07 Å². The Morgan fingerprint density at radius 1 is 1.29 bits per heavy atom. The Hall–Kier alpha value is -3.02. The van der Waals surface area contributed by atoms with Gasteiger partial charge in [0.15, 0.2) is 11.5 Å². The summed E-state index contributed by atoms with van der Waals surface area (Å²) in [5, 5.41) is 22.5. The monoisotopic (exact) mass is 286 g/mol. The maximum Gasteiger partial charge on any atom is 0.335 e. The number of benzene rings is 2. The number of nitrogens with zero attached hydrogens (tertiary/aromatic N) is 1. The van der Waals surface area contributed by atoms with Crippen LogP contribution < -0.4 is 10.2 Å². The van der Waals surface area contributed by atoms with Crippen molar-refractivity contribution in [3.8, 4) is 11.5 Å². The highest BCUT2D eigenvalue weighted by Crippen LogP contribution is 2.25. The van der Waals surface area contributed by atoms with Crippen LogP contribution in [0.2, 0.25) is 0 Å². The molecular weight excluding hydrogens is 272 g/mol. The predicted octanol–water partition coefficient (Wildman–Crippen LogP) is 2.55. The Labute approximate surface area is 121 Å². The second kappa shape index (κ2) is 6.42. The van der Waals surface area contributed by atoms with Crippen molar-refractivity contribution in [2.24, 2.45) is 5.10 Å². The third kappa shape index (κ3) is 3.73. The van der Waals surface area contributed by atoms with Gasteiger partial charge in [-0.15, -0.1) is 0 Å². The Bertz CT molecular complexity index is 683. The zero-order chi connectivity index (χ0) is 15.2. The number of carboxylic acids is 1. The average Bonchev–Trinajstić information content (AvgIpc) is 2.48. The first-order valence-electron chi connectivity index (χ1n) is 6.09. The zero-order valence-electron chi connectivity index (χ0n) is 11.3. The minimum atomic E-state index is -0.997. The lowest BCUT2D eigenvalue weighted by atomic mass is 10.2. The van der Waals surface area contributed by atoms with Crippen LogP contribution in [0.1, 0.15) is 15.9 Å². The van der Waals surface area contributed by atoms with Crippen LogP contribution in [0.15, 0.2) is 47.6 Å². The zero-order valence-corrected chi connectivity index (χ0v) is 11.3. The van der Waals surface area contributed by atoms with Gasteiger partial charge >= 0.3 is 5.97 Å². The van der Waals surface area contributed by atoms with E-state index >= 15 is 0 Å². The molecule has 0 bridgehead atoms. The predicted molar refractivity (Wildman–Crippen MR) is 79.3 cm³/mol. The second-order valence-electron chi connectivity index (χ2n) is 4.19. The maximum absolute atomic E-state index is 10.8. The Morgan fingerprint density at radius 3 is 2.76 bits per heavy atom. The first-order chi connectivity index (χ1) is 10.1. The van der Waals surface area contributed by atoms with Crippen molar-refractivity contribution < 1.29 is 19.7 Å². The molecule has 2 aromatic rings. The number of anilines is 1. The number of carboxylic acid groups (broad SMARTS) is 1. The van der Waals surface area contributed by atoms with E-state index in [-0.39, 0.29) is 11.3 Å². The molecule has 108 valence electrons. The van der Waals surface area contributed by atoms with Crippen LogP contribution in [-0.2, 0) is 0 Å². The maximum atomic E-state index is 10.8. The van der Waals surface area contributed by atoms with E-state index < -0.39 is 5.97 Å². The average molecular weight is 286 g/mol. The fraction of sp³-hybridized carbons (Fsp3) is 0.0667. The summed E-state index contributed by atoms with van der Waals surface area (Å²) in [4.78, 5) is 10.8. The van der Waals surface area contributed by atoms with E-state index in [1.165, 1.54) is 31.5 Å². The molecule has 0 fully saturated rings. The minimum absolute atomic E-state index is 0.0225. The number of carbonyl (C=O) groups is 1. The molecule has 0 aliphatic carbocycles. The Kier molecular flexibility index (Phi) is 4.40. The number of nitrogens with one attached hydrogen (secondary N) is 1. The molecule has 0 amide bonds. The minimum Gasteiger partial charge on any atom is -0.504 e. The van der Waals surface area contributed by atoms with Crippen molar-refractivity contribution in [1.82, 2.24) is 0 Å². The number of rotatable bonds is 5. The summed E-state index contributed by atoms with van der Waals surface area (Å²) in [5.74, 6) is -0.591. The first kappa shape index (κ1) is 14.4. The third-order valence-electron chi connectivity index (χ3n) is 2.72. The first-order valence-corrected chi connectivity index (χ1v) is 6.09. The van der Waals surface area contributed by atoms with Gasteiger partial charge in [0.1, 0.15) is 0 Å². The van der Waals surface area contributed by atoms with Crippen molar-refractivity contribution in [3.63, 3.8) is 0 Å². The molecule has 2 aromatic carbocycles. The molecule has 0 heterocycles. The van der Waals surface area contributed by atoms with Gasteiger partial charge in [0.25, 0.3) is 0 Å². The summed E-state index contributed by atoms with van der Waals surface area (Å²) in [6.45, 7) is 0. The lowest BCUT2D eigenvalue weighted by molar-refractivity contribution is 0.0697. The van der Waals surface area contributed by atoms with Crippen molar-refractivity contribution in [2.75, 3.05) is 12.5 Å². The number of hydrogen-bond donors (Lipinski definition) is 3. The molecule has 0 spiro atoms. The van der Waals surface area contributed by atoms with Crippen LogP contribution >= 0.6 is 0 Å². The van der Waals surface area contributed by atoms with Gasteiger partial charge in [-0.05, 0) is 42.0 Å². The van der Waals surface area contributed by atoms with Crippen LogP contribution in [-0.4, -0.2) is 29.5 Å². The topological polar surface area (TPSA) is 91.2 Å². The van der Waals surface area contributed by atoms with E-state index in [4.69, 9.17) is 9.84 Å². The number of methoxy groups -OCH3 is 1. The Balaban J connectivity index is 2.07. The standard InChI is InChI=1S/C15H14N2O4/c1-21-14-6-5-10(7-13(14)18)9-16-17-12-4-2-3-11(8-12)15(19)20/h2-9,17-18H,1H3,(H,19,20). The number of hydrazone groups is 1. The summed E-state index contributed by atoms with van der Waals surface area (Å²) in [7, 11) is 1.47. The summed E-state index contributed by atoms with van der Waals surface area (Å²) in [6, 6.07) is 11.2. The number of phenolic OH excluding ortho intramolecular Hbond substituents is 1. The molecule has 6 heteroatoms. The molecule has 2 rings (SSSR count). The van der Waals surface area contributed by atoms with E-state index in [0.29, 0.717) is 17.0 Å². The third-order valence-corrected chi connectivity index (χ3v) is 2.72. The summed E-state index contributed by atoms with van der Waals surface area (Å²) >= 11 is 0. The van der Waals surface area contributed by atoms with E-state index in [9.17, 15) is 9.90 Å². The lowest BCUT2D eigenvalue weighted by Crippen LogP contribution is -1.97. The number of aromatic carboxylic acids is 1. The highest BCUT2D eigenvalue weighted by atomic mass is 16.5. The SMILES string of the molecule is COc1ccc(C=NNc2cccc(C(=O)O)c2)cc1O. The Morgan fingerprint density at radius 2 is 2.10 bits per heavy atom. The molecule has 0 atom stereocenters. The largest absolute Gasteiger partial charge is 0.504 e. The van der Waals surface area contributed by atoms with E-state index in [1.54, 1.807) is 24.3 Å². The lowest BCUT2D eigenvalue weighted by Gasteiger charge is -2.04. The van der Waals surface area contributed by atoms with Gasteiger partial charge in [0, 0.05) is 0 Å². The van der Waals surface area contributed by atoms with Crippen LogP contribution in [0, 0.1) is 0 Å². The molecule has 0 aromatic heterocycles. The molecular formula is C15H14N2O4. The number of aromatic hydroxyl groups is 1. The van der Waals surface area contributed by atoms with Crippen molar-refractivity contribution >= 4 is 17.9 Å². The van der Waals surface area contributed by atoms with E-state index in [1.807, 2.05) is 0 Å². The summed E-state index contributed by atoms with van der Waals surface area (Å²) < 4.78 is 4.94. The summed E-state index contributed by atoms with van der Waals surface area (Å²) in [6.07, 6.45) is 1.51. The van der Waals surface area contributed by atoms with Gasteiger partial charge in [-0.25, -0.2) is 4.79 Å². The van der Waals surface area contributed by atoms with Gasteiger partial charge in [-0.2, -0.15) is 5.10 Å².